The first kappa shape index (κ1) is 18.7. The molecule has 0 spiro atoms. The van der Waals surface area contributed by atoms with E-state index in [2.05, 4.69) is 15.6 Å². The Bertz CT molecular complexity index is 679. The molecule has 6 nitrogen and oxygen atoms in total. The van der Waals surface area contributed by atoms with Gasteiger partial charge < -0.3 is 24.5 Å². The van der Waals surface area contributed by atoms with Crippen molar-refractivity contribution in [1.29, 1.82) is 0 Å². The van der Waals surface area contributed by atoms with Crippen LogP contribution >= 0.6 is 0 Å². The molecule has 2 rings (SSSR count). The number of nitrogens with one attached hydrogen (secondary N) is 2. The second-order valence-corrected chi connectivity index (χ2v) is 5.87. The average molecular weight is 345 g/mol. The number of ether oxygens (including phenoxy) is 2. The highest BCUT2D eigenvalue weighted by molar-refractivity contribution is 5.80. The zero-order chi connectivity index (χ0) is 18.2. The first-order chi connectivity index (χ1) is 12.0. The van der Waals surface area contributed by atoms with Crippen LogP contribution in [0.3, 0.4) is 0 Å². The molecule has 2 unspecified atom stereocenters. The van der Waals surface area contributed by atoms with Crippen LogP contribution in [0.4, 0.5) is 0 Å². The molecule has 1 aromatic heterocycles. The molecule has 6 heteroatoms. The zero-order valence-corrected chi connectivity index (χ0v) is 15.5. The van der Waals surface area contributed by atoms with Crippen molar-refractivity contribution in [2.75, 3.05) is 20.7 Å². The third kappa shape index (κ3) is 5.74. The lowest BCUT2D eigenvalue weighted by Crippen LogP contribution is -2.42. The number of guanidine groups is 1. The smallest absolute Gasteiger partial charge is 0.191 e. The minimum absolute atomic E-state index is 0.0203. The minimum atomic E-state index is -0.0203. The number of methoxy groups -OCH3 is 1. The first-order valence-corrected chi connectivity index (χ1v) is 8.36. The van der Waals surface area contributed by atoms with Gasteiger partial charge in [0.2, 0.25) is 0 Å². The highest BCUT2D eigenvalue weighted by Gasteiger charge is 2.12. The summed E-state index contributed by atoms with van der Waals surface area (Å²) in [7, 11) is 3.39. The van der Waals surface area contributed by atoms with Crippen molar-refractivity contribution in [1.82, 2.24) is 10.6 Å². The van der Waals surface area contributed by atoms with Crippen molar-refractivity contribution in [3.05, 3.63) is 47.9 Å². The van der Waals surface area contributed by atoms with Crippen LogP contribution in [-0.2, 0) is 0 Å². The predicted molar refractivity (Wildman–Crippen MR) is 99.4 cm³/mol. The van der Waals surface area contributed by atoms with Gasteiger partial charge in [0.25, 0.3) is 0 Å². The van der Waals surface area contributed by atoms with Gasteiger partial charge in [-0.1, -0.05) is 0 Å². The third-order valence-corrected chi connectivity index (χ3v) is 3.72. The molecule has 0 radical (unpaired) electrons. The van der Waals surface area contributed by atoms with Crippen LogP contribution < -0.4 is 20.1 Å². The highest BCUT2D eigenvalue weighted by atomic mass is 16.5. The zero-order valence-electron chi connectivity index (χ0n) is 15.5. The summed E-state index contributed by atoms with van der Waals surface area (Å²) in [5, 5.41) is 6.57. The summed E-state index contributed by atoms with van der Waals surface area (Å²) in [5.74, 6) is 4.09. The quantitative estimate of drug-likeness (QED) is 0.595. The summed E-state index contributed by atoms with van der Waals surface area (Å²) in [6, 6.07) is 11.5. The number of hydrogen-bond donors (Lipinski definition) is 2. The van der Waals surface area contributed by atoms with Crippen molar-refractivity contribution in [2.45, 2.75) is 32.9 Å². The Morgan fingerprint density at radius 2 is 1.80 bits per heavy atom. The summed E-state index contributed by atoms with van der Waals surface area (Å²) in [5.41, 5.74) is 0. The fourth-order valence-corrected chi connectivity index (χ4v) is 2.33. The molecule has 0 aliphatic rings. The Kier molecular flexibility index (Phi) is 6.74. The van der Waals surface area contributed by atoms with Gasteiger partial charge >= 0.3 is 0 Å². The summed E-state index contributed by atoms with van der Waals surface area (Å²) in [6.07, 6.45) is -0.0203. The van der Waals surface area contributed by atoms with Crippen LogP contribution in [0.5, 0.6) is 11.5 Å². The van der Waals surface area contributed by atoms with E-state index in [4.69, 9.17) is 13.9 Å². The van der Waals surface area contributed by atoms with E-state index >= 15 is 0 Å². The molecule has 2 aromatic rings. The Balaban J connectivity index is 1.80. The van der Waals surface area contributed by atoms with Crippen LogP contribution in [0.2, 0.25) is 0 Å². The van der Waals surface area contributed by atoms with Gasteiger partial charge in [-0.3, -0.25) is 4.99 Å². The maximum absolute atomic E-state index is 5.88. The monoisotopic (exact) mass is 345 g/mol. The molecule has 1 aromatic carbocycles. The van der Waals surface area contributed by atoms with Crippen LogP contribution in [0, 0.1) is 6.92 Å². The number of benzene rings is 1. The van der Waals surface area contributed by atoms with Crippen molar-refractivity contribution < 1.29 is 13.9 Å². The number of aryl methyl sites for hydroxylation is 1. The van der Waals surface area contributed by atoms with Crippen LogP contribution in [0.25, 0.3) is 0 Å². The van der Waals surface area contributed by atoms with E-state index in [0.717, 1.165) is 23.0 Å². The van der Waals surface area contributed by atoms with Gasteiger partial charge in [-0.25, -0.2) is 0 Å². The highest BCUT2D eigenvalue weighted by Crippen LogP contribution is 2.18. The Morgan fingerprint density at radius 3 is 2.36 bits per heavy atom. The van der Waals surface area contributed by atoms with E-state index in [0.29, 0.717) is 12.5 Å². The summed E-state index contributed by atoms with van der Waals surface area (Å²) in [4.78, 5) is 4.24. The van der Waals surface area contributed by atoms with Gasteiger partial charge in [0.05, 0.1) is 19.7 Å². The second kappa shape index (κ2) is 9.01. The second-order valence-electron chi connectivity index (χ2n) is 5.87. The fourth-order valence-electron chi connectivity index (χ4n) is 2.33. The standard InChI is InChI=1S/C19H27N3O3/c1-13-6-11-18(25-13)15(3)22-19(20-4)21-12-14(2)24-17-9-7-16(23-5)8-10-17/h6-11,14-15H,12H2,1-5H3,(H2,20,21,22). The van der Waals surface area contributed by atoms with Gasteiger partial charge in [-0.2, -0.15) is 0 Å². The van der Waals surface area contributed by atoms with Crippen LogP contribution in [0.1, 0.15) is 31.4 Å². The lowest BCUT2D eigenvalue weighted by molar-refractivity contribution is 0.223. The molecule has 0 aliphatic carbocycles. The minimum Gasteiger partial charge on any atom is -0.497 e. The molecule has 1 heterocycles. The average Bonchev–Trinajstić information content (AvgIpc) is 3.05. The maximum atomic E-state index is 5.88. The number of aliphatic imine (C=N–C) groups is 1. The van der Waals surface area contributed by atoms with E-state index in [-0.39, 0.29) is 12.1 Å². The molecule has 0 fully saturated rings. The van der Waals surface area contributed by atoms with Crippen molar-refractivity contribution in [3.63, 3.8) is 0 Å². The van der Waals surface area contributed by atoms with Gasteiger partial charge in [-0.15, -0.1) is 0 Å². The molecule has 0 amide bonds. The molecule has 136 valence electrons. The van der Waals surface area contributed by atoms with E-state index in [1.165, 1.54) is 0 Å². The molecule has 2 N–H and O–H groups in total. The number of rotatable bonds is 7. The molecular formula is C19H27N3O3. The SMILES string of the molecule is CN=C(NCC(C)Oc1ccc(OC)cc1)NC(C)c1ccc(C)o1. The molecule has 0 saturated heterocycles. The van der Waals surface area contributed by atoms with E-state index < -0.39 is 0 Å². The Labute approximate surface area is 149 Å². The molecule has 0 bridgehead atoms. The van der Waals surface area contributed by atoms with Crippen LogP contribution in [-0.4, -0.2) is 32.8 Å². The molecule has 0 saturated carbocycles. The number of hydrogen-bond acceptors (Lipinski definition) is 4. The van der Waals surface area contributed by atoms with Gasteiger partial charge in [-0.05, 0) is 57.2 Å². The summed E-state index contributed by atoms with van der Waals surface area (Å²) < 4.78 is 16.7. The maximum Gasteiger partial charge on any atom is 0.191 e. The molecular weight excluding hydrogens is 318 g/mol. The molecule has 2 atom stereocenters. The molecule has 0 aliphatic heterocycles. The molecule has 25 heavy (non-hydrogen) atoms. The van der Waals surface area contributed by atoms with Crippen molar-refractivity contribution >= 4 is 5.96 Å². The predicted octanol–water partition coefficient (Wildman–Crippen LogP) is 3.29. The Hall–Kier alpha value is -2.63. The van der Waals surface area contributed by atoms with E-state index in [1.54, 1.807) is 14.2 Å². The first-order valence-electron chi connectivity index (χ1n) is 8.36. The Morgan fingerprint density at radius 1 is 1.12 bits per heavy atom. The van der Waals surface area contributed by atoms with Crippen LogP contribution in [0.15, 0.2) is 45.8 Å². The summed E-state index contributed by atoms with van der Waals surface area (Å²) >= 11 is 0. The number of furan rings is 1. The third-order valence-electron chi connectivity index (χ3n) is 3.72. The largest absolute Gasteiger partial charge is 0.497 e. The van der Waals surface area contributed by atoms with Gasteiger partial charge in [0.15, 0.2) is 5.96 Å². The number of nitrogens with zero attached hydrogens (tertiary/aromatic N) is 1. The normalized spacial score (nSPS) is 13.9. The van der Waals surface area contributed by atoms with Gasteiger partial charge in [0, 0.05) is 7.05 Å². The van der Waals surface area contributed by atoms with Crippen molar-refractivity contribution in [2.24, 2.45) is 4.99 Å². The fraction of sp³-hybridized carbons (Fsp3) is 0.421. The van der Waals surface area contributed by atoms with Gasteiger partial charge in [0.1, 0.15) is 29.1 Å². The van der Waals surface area contributed by atoms with E-state index in [9.17, 15) is 0 Å². The van der Waals surface area contributed by atoms with Crippen molar-refractivity contribution in [3.8, 4) is 11.5 Å². The van der Waals surface area contributed by atoms with E-state index in [1.807, 2.05) is 57.2 Å². The topological polar surface area (TPSA) is 68.0 Å². The lowest BCUT2D eigenvalue weighted by atomic mass is 10.2. The summed E-state index contributed by atoms with van der Waals surface area (Å²) in [6.45, 7) is 6.59. The lowest BCUT2D eigenvalue weighted by Gasteiger charge is -2.20.